The zero-order valence-electron chi connectivity index (χ0n) is 8.93. The summed E-state index contributed by atoms with van der Waals surface area (Å²) in [5.41, 5.74) is 4.77. The van der Waals surface area contributed by atoms with Gasteiger partial charge in [0, 0.05) is 5.54 Å². The van der Waals surface area contributed by atoms with Crippen LogP contribution >= 0.6 is 0 Å². The van der Waals surface area contributed by atoms with Gasteiger partial charge in [0.05, 0.1) is 5.41 Å². The van der Waals surface area contributed by atoms with E-state index < -0.39 is 11.4 Å². The summed E-state index contributed by atoms with van der Waals surface area (Å²) < 4.78 is 0. The molecule has 0 saturated carbocycles. The van der Waals surface area contributed by atoms with Crippen LogP contribution in [-0.4, -0.2) is 16.6 Å². The molecule has 0 aliphatic rings. The highest BCUT2D eigenvalue weighted by Crippen LogP contribution is 2.11. The van der Waals surface area contributed by atoms with E-state index in [2.05, 4.69) is 0 Å². The van der Waals surface area contributed by atoms with Crippen molar-refractivity contribution in [2.24, 2.45) is 11.1 Å². The Hall–Kier alpha value is -0.570. The second kappa shape index (κ2) is 4.45. The van der Waals surface area contributed by atoms with E-state index in [-0.39, 0.29) is 5.54 Å². The molecular formula is C9H21NO2. The average Bonchev–Trinajstić information content (AvgIpc) is 1.55. The van der Waals surface area contributed by atoms with Crippen LogP contribution in [0.15, 0.2) is 0 Å². The van der Waals surface area contributed by atoms with Gasteiger partial charge < -0.3 is 10.8 Å². The van der Waals surface area contributed by atoms with E-state index in [1.165, 1.54) is 0 Å². The van der Waals surface area contributed by atoms with Crippen LogP contribution in [0.1, 0.15) is 41.5 Å². The fourth-order valence-electron chi connectivity index (χ4n) is 0. The number of hydrogen-bond acceptors (Lipinski definition) is 2. The highest BCUT2D eigenvalue weighted by atomic mass is 16.4. The summed E-state index contributed by atoms with van der Waals surface area (Å²) >= 11 is 0. The lowest BCUT2D eigenvalue weighted by Crippen LogP contribution is -2.26. The molecule has 12 heavy (non-hydrogen) atoms. The fourth-order valence-corrected chi connectivity index (χ4v) is 0. The van der Waals surface area contributed by atoms with Crippen molar-refractivity contribution in [3.63, 3.8) is 0 Å². The summed E-state index contributed by atoms with van der Waals surface area (Å²) in [6, 6.07) is 0. The summed E-state index contributed by atoms with van der Waals surface area (Å²) in [6.07, 6.45) is 0. The highest BCUT2D eigenvalue weighted by Gasteiger charge is 2.18. The minimum absolute atomic E-state index is 0. The molecule has 0 unspecified atom stereocenters. The quantitative estimate of drug-likeness (QED) is 0.590. The SMILES string of the molecule is CC(C)(C)C(=O)O.CC(C)(C)N. The zero-order chi connectivity index (χ0) is 10.6. The van der Waals surface area contributed by atoms with Gasteiger partial charge in [-0.2, -0.15) is 0 Å². The topological polar surface area (TPSA) is 63.3 Å². The molecule has 0 heterocycles. The van der Waals surface area contributed by atoms with E-state index in [4.69, 9.17) is 10.8 Å². The van der Waals surface area contributed by atoms with Crippen molar-refractivity contribution in [3.05, 3.63) is 0 Å². The molecule has 0 saturated heterocycles. The van der Waals surface area contributed by atoms with E-state index in [1.54, 1.807) is 20.8 Å². The summed E-state index contributed by atoms with van der Waals surface area (Å²) in [6.45, 7) is 10.9. The van der Waals surface area contributed by atoms with Gasteiger partial charge in [-0.15, -0.1) is 0 Å². The molecule has 0 fully saturated rings. The number of carboxylic acids is 1. The standard InChI is InChI=1S/C5H10O2.C4H11N/c1-5(2,3)4(6)7;1-4(2,3)5/h1-3H3,(H,6,7);5H2,1-3H3. The maximum absolute atomic E-state index is 10.0. The van der Waals surface area contributed by atoms with Crippen molar-refractivity contribution < 1.29 is 9.90 Å². The first-order valence-corrected chi connectivity index (χ1v) is 3.97. The summed E-state index contributed by atoms with van der Waals surface area (Å²) in [5.74, 6) is -0.757. The lowest BCUT2D eigenvalue weighted by molar-refractivity contribution is -0.145. The van der Waals surface area contributed by atoms with Crippen LogP contribution in [0.25, 0.3) is 0 Å². The van der Waals surface area contributed by atoms with Gasteiger partial charge in [-0.1, -0.05) is 0 Å². The second-order valence-electron chi connectivity index (χ2n) is 4.92. The van der Waals surface area contributed by atoms with Gasteiger partial charge in [0.15, 0.2) is 0 Å². The lowest BCUT2D eigenvalue weighted by atomic mass is 9.98. The van der Waals surface area contributed by atoms with Crippen molar-refractivity contribution in [3.8, 4) is 0 Å². The van der Waals surface area contributed by atoms with Gasteiger partial charge in [0.2, 0.25) is 0 Å². The van der Waals surface area contributed by atoms with Crippen LogP contribution in [0.2, 0.25) is 0 Å². The number of carboxylic acid groups (broad SMARTS) is 1. The maximum Gasteiger partial charge on any atom is 0.308 e. The molecule has 0 amide bonds. The molecule has 0 aliphatic carbocycles. The van der Waals surface area contributed by atoms with Crippen molar-refractivity contribution in [2.75, 3.05) is 0 Å². The fraction of sp³-hybridized carbons (Fsp3) is 0.889. The third-order valence-corrected chi connectivity index (χ3v) is 0.642. The molecule has 0 aromatic rings. The van der Waals surface area contributed by atoms with Crippen molar-refractivity contribution >= 4 is 5.97 Å². The summed E-state index contributed by atoms with van der Waals surface area (Å²) in [5, 5.41) is 8.25. The molecule has 3 heteroatoms. The molecule has 0 aliphatic heterocycles. The molecule has 0 aromatic carbocycles. The Morgan fingerprint density at radius 3 is 1.17 bits per heavy atom. The molecule has 0 rings (SSSR count). The Balaban J connectivity index is 0. The van der Waals surface area contributed by atoms with Crippen LogP contribution in [0, 0.1) is 5.41 Å². The smallest absolute Gasteiger partial charge is 0.308 e. The van der Waals surface area contributed by atoms with Gasteiger partial charge >= 0.3 is 5.97 Å². The van der Waals surface area contributed by atoms with E-state index >= 15 is 0 Å². The van der Waals surface area contributed by atoms with Gasteiger partial charge in [0.1, 0.15) is 0 Å². The molecular weight excluding hydrogens is 154 g/mol. The number of nitrogens with two attached hydrogens (primary N) is 1. The van der Waals surface area contributed by atoms with Crippen LogP contribution in [0.4, 0.5) is 0 Å². The number of rotatable bonds is 0. The van der Waals surface area contributed by atoms with Crippen LogP contribution < -0.4 is 5.73 Å². The first-order valence-electron chi connectivity index (χ1n) is 3.97. The molecule has 0 atom stereocenters. The molecule has 74 valence electrons. The third kappa shape index (κ3) is 22.7. The van der Waals surface area contributed by atoms with Gasteiger partial charge in [-0.3, -0.25) is 4.79 Å². The van der Waals surface area contributed by atoms with Crippen molar-refractivity contribution in [2.45, 2.75) is 47.1 Å². The van der Waals surface area contributed by atoms with Gasteiger partial charge in [-0.25, -0.2) is 0 Å². The molecule has 3 N–H and O–H groups in total. The Morgan fingerprint density at radius 2 is 1.17 bits per heavy atom. The van der Waals surface area contributed by atoms with E-state index in [0.29, 0.717) is 0 Å². The molecule has 0 spiro atoms. The zero-order valence-corrected chi connectivity index (χ0v) is 8.93. The third-order valence-electron chi connectivity index (χ3n) is 0.642. The largest absolute Gasteiger partial charge is 0.481 e. The van der Waals surface area contributed by atoms with Crippen LogP contribution in [-0.2, 0) is 4.79 Å². The normalized spacial score (nSPS) is 11.6. The first-order chi connectivity index (χ1) is 4.94. The average molecular weight is 175 g/mol. The predicted molar refractivity (Wildman–Crippen MR) is 51.0 cm³/mol. The molecule has 0 bridgehead atoms. The van der Waals surface area contributed by atoms with E-state index in [1.807, 2.05) is 20.8 Å². The van der Waals surface area contributed by atoms with Crippen LogP contribution in [0.5, 0.6) is 0 Å². The Labute approximate surface area is 75.0 Å². The Bertz CT molecular complexity index is 134. The molecule has 0 aromatic heterocycles. The predicted octanol–water partition coefficient (Wildman–Crippen LogP) is 1.86. The minimum Gasteiger partial charge on any atom is -0.481 e. The highest BCUT2D eigenvalue weighted by molar-refractivity contribution is 5.72. The lowest BCUT2D eigenvalue weighted by Gasteiger charge is -2.08. The second-order valence-corrected chi connectivity index (χ2v) is 4.92. The first kappa shape index (κ1) is 14.0. The Morgan fingerprint density at radius 1 is 1.08 bits per heavy atom. The van der Waals surface area contributed by atoms with Crippen LogP contribution in [0.3, 0.4) is 0 Å². The number of hydrogen-bond donors (Lipinski definition) is 2. The van der Waals surface area contributed by atoms with Crippen molar-refractivity contribution in [1.82, 2.24) is 0 Å². The monoisotopic (exact) mass is 175 g/mol. The van der Waals surface area contributed by atoms with Crippen molar-refractivity contribution in [1.29, 1.82) is 0 Å². The van der Waals surface area contributed by atoms with E-state index in [0.717, 1.165) is 0 Å². The van der Waals surface area contributed by atoms with Gasteiger partial charge in [-0.05, 0) is 41.5 Å². The van der Waals surface area contributed by atoms with E-state index in [9.17, 15) is 4.79 Å². The summed E-state index contributed by atoms with van der Waals surface area (Å²) in [4.78, 5) is 10.0. The number of aliphatic carboxylic acids is 1. The molecule has 3 nitrogen and oxygen atoms in total. The Kier molecular flexibility index (Phi) is 5.19. The van der Waals surface area contributed by atoms with Gasteiger partial charge in [0.25, 0.3) is 0 Å². The molecule has 0 radical (unpaired) electrons. The maximum atomic E-state index is 10.0. The summed E-state index contributed by atoms with van der Waals surface area (Å²) in [7, 11) is 0. The number of carbonyl (C=O) groups is 1. The minimum atomic E-state index is -0.757.